The molecule has 1 heterocycles. The Morgan fingerprint density at radius 3 is 2.27 bits per heavy atom. The summed E-state index contributed by atoms with van der Waals surface area (Å²) in [6.07, 6.45) is -3.08. The molecule has 4 rings (SSSR count). The van der Waals surface area contributed by atoms with Crippen molar-refractivity contribution in [3.63, 3.8) is 0 Å². The van der Waals surface area contributed by atoms with Gasteiger partial charge in [-0.25, -0.2) is 9.88 Å². The average molecular weight is 413 g/mol. The zero-order valence-corrected chi connectivity index (χ0v) is 16.3. The van der Waals surface area contributed by atoms with Crippen molar-refractivity contribution < 1.29 is 18.0 Å². The van der Waals surface area contributed by atoms with Crippen molar-refractivity contribution >= 4 is 22.6 Å². The van der Waals surface area contributed by atoms with E-state index in [0.29, 0.717) is 18.7 Å². The molecule has 1 N–H and O–H groups in total. The Bertz CT molecular complexity index is 1010. The number of nitrogens with one attached hydrogen (secondary N) is 1. The summed E-state index contributed by atoms with van der Waals surface area (Å²) in [4.78, 5) is 17.2. The van der Waals surface area contributed by atoms with Gasteiger partial charge in [0.05, 0.1) is 5.52 Å². The lowest BCUT2D eigenvalue weighted by Gasteiger charge is -2.38. The van der Waals surface area contributed by atoms with Gasteiger partial charge >= 0.3 is 6.30 Å². The van der Waals surface area contributed by atoms with Gasteiger partial charge in [0.2, 0.25) is 0 Å². The van der Waals surface area contributed by atoms with E-state index < -0.39 is 18.2 Å². The molecule has 0 bridgehead atoms. The second-order valence-corrected chi connectivity index (χ2v) is 7.55. The van der Waals surface area contributed by atoms with Crippen LogP contribution in [0.15, 0.2) is 66.7 Å². The fraction of sp³-hybridized carbons (Fsp3) is 0.304. The Kier molecular flexibility index (Phi) is 5.61. The summed E-state index contributed by atoms with van der Waals surface area (Å²) in [5.41, 5.74) is 0.920. The van der Waals surface area contributed by atoms with Gasteiger partial charge in [0.1, 0.15) is 5.82 Å². The van der Waals surface area contributed by atoms with Crippen LogP contribution >= 0.6 is 0 Å². The second kappa shape index (κ2) is 8.34. The Labute approximate surface area is 172 Å². The van der Waals surface area contributed by atoms with Gasteiger partial charge in [0.15, 0.2) is 0 Å². The molecule has 2 aromatic carbocycles. The van der Waals surface area contributed by atoms with Crippen LogP contribution in [0.25, 0.3) is 10.9 Å². The first-order valence-electron chi connectivity index (χ1n) is 9.99. The van der Waals surface area contributed by atoms with Crippen molar-refractivity contribution in [2.75, 3.05) is 5.32 Å². The number of rotatable bonds is 4. The van der Waals surface area contributed by atoms with Crippen LogP contribution in [0.3, 0.4) is 0 Å². The first-order chi connectivity index (χ1) is 14.4. The number of aromatic nitrogens is 1. The predicted molar refractivity (Wildman–Crippen MR) is 110 cm³/mol. The lowest BCUT2D eigenvalue weighted by Crippen LogP contribution is -2.51. The number of hydrogen-bond donors (Lipinski definition) is 1. The third-order valence-electron chi connectivity index (χ3n) is 5.52. The molecule has 1 fully saturated rings. The first kappa shape index (κ1) is 20.2. The van der Waals surface area contributed by atoms with Gasteiger partial charge in [-0.3, -0.25) is 4.79 Å². The Morgan fingerprint density at radius 1 is 0.900 bits per heavy atom. The van der Waals surface area contributed by atoms with Crippen molar-refractivity contribution in [2.24, 2.45) is 0 Å². The second-order valence-electron chi connectivity index (χ2n) is 7.55. The van der Waals surface area contributed by atoms with Gasteiger partial charge in [-0.2, -0.15) is 0 Å². The van der Waals surface area contributed by atoms with Crippen LogP contribution in [0.1, 0.15) is 36.0 Å². The SMILES string of the molecule is O=C(c1ccccc1)N([C@H]1CC[C@@H](Nc2ccc3ccccc3n2)CC1)C(F)(F)F. The van der Waals surface area contributed by atoms with Gasteiger partial charge in [-0.1, -0.05) is 36.4 Å². The largest absolute Gasteiger partial charge is 0.487 e. The van der Waals surface area contributed by atoms with Crippen LogP contribution in [0.5, 0.6) is 0 Å². The number of halogens is 3. The van der Waals surface area contributed by atoms with E-state index in [1.165, 1.54) is 12.1 Å². The number of alkyl halides is 3. The van der Waals surface area contributed by atoms with Crippen LogP contribution in [0, 0.1) is 0 Å². The molecule has 4 nitrogen and oxygen atoms in total. The molecule has 30 heavy (non-hydrogen) atoms. The third kappa shape index (κ3) is 4.40. The zero-order chi connectivity index (χ0) is 21.1. The number of para-hydroxylation sites is 1. The summed E-state index contributed by atoms with van der Waals surface area (Å²) >= 11 is 0. The van der Waals surface area contributed by atoms with Crippen LogP contribution in [-0.2, 0) is 0 Å². The predicted octanol–water partition coefficient (Wildman–Crippen LogP) is 5.62. The van der Waals surface area contributed by atoms with Crippen LogP contribution < -0.4 is 5.32 Å². The number of carbonyl (C=O) groups is 1. The molecule has 0 spiro atoms. The molecule has 0 saturated heterocycles. The highest BCUT2D eigenvalue weighted by Gasteiger charge is 2.46. The van der Waals surface area contributed by atoms with E-state index in [-0.39, 0.29) is 29.3 Å². The van der Waals surface area contributed by atoms with Crippen molar-refractivity contribution in [1.29, 1.82) is 0 Å². The number of amides is 1. The van der Waals surface area contributed by atoms with Crippen molar-refractivity contribution in [3.8, 4) is 0 Å². The maximum Gasteiger partial charge on any atom is 0.487 e. The van der Waals surface area contributed by atoms with E-state index in [1.54, 1.807) is 18.2 Å². The molecule has 0 aliphatic heterocycles. The van der Waals surface area contributed by atoms with Crippen molar-refractivity contribution in [2.45, 2.75) is 44.1 Å². The quantitative estimate of drug-likeness (QED) is 0.565. The highest BCUT2D eigenvalue weighted by molar-refractivity contribution is 5.94. The number of nitrogens with zero attached hydrogens (tertiary/aromatic N) is 2. The summed E-state index contributed by atoms with van der Waals surface area (Å²) in [5.74, 6) is -0.277. The monoisotopic (exact) mass is 413 g/mol. The Morgan fingerprint density at radius 2 is 1.57 bits per heavy atom. The summed E-state index contributed by atoms with van der Waals surface area (Å²) in [7, 11) is 0. The third-order valence-corrected chi connectivity index (χ3v) is 5.52. The fourth-order valence-electron chi connectivity index (χ4n) is 4.04. The van der Waals surface area contributed by atoms with Crippen molar-refractivity contribution in [3.05, 3.63) is 72.3 Å². The maximum absolute atomic E-state index is 13.7. The first-order valence-corrected chi connectivity index (χ1v) is 9.99. The number of benzene rings is 2. The minimum Gasteiger partial charge on any atom is -0.367 e. The summed E-state index contributed by atoms with van der Waals surface area (Å²) < 4.78 is 41.1. The van der Waals surface area contributed by atoms with Gasteiger partial charge in [-0.05, 0) is 56.0 Å². The van der Waals surface area contributed by atoms with Crippen LogP contribution in [0.4, 0.5) is 19.0 Å². The average Bonchev–Trinajstić information content (AvgIpc) is 2.75. The molecule has 7 heteroatoms. The Balaban J connectivity index is 1.43. The van der Waals surface area contributed by atoms with Crippen LogP contribution in [0.2, 0.25) is 0 Å². The van der Waals surface area contributed by atoms with E-state index in [2.05, 4.69) is 10.3 Å². The summed E-state index contributed by atoms with van der Waals surface area (Å²) in [6, 6.07) is 18.4. The minimum atomic E-state index is -4.71. The molecule has 1 aromatic heterocycles. The van der Waals surface area contributed by atoms with Crippen molar-refractivity contribution in [1.82, 2.24) is 9.88 Å². The van der Waals surface area contributed by atoms with E-state index in [4.69, 9.17) is 0 Å². The molecular formula is C23H22F3N3O. The molecule has 0 unspecified atom stereocenters. The fourth-order valence-corrected chi connectivity index (χ4v) is 4.04. The molecule has 1 aliphatic carbocycles. The smallest absolute Gasteiger partial charge is 0.367 e. The minimum absolute atomic E-state index is 0.0248. The zero-order valence-electron chi connectivity index (χ0n) is 16.3. The van der Waals surface area contributed by atoms with Gasteiger partial charge in [-0.15, -0.1) is 13.2 Å². The van der Waals surface area contributed by atoms with Gasteiger partial charge < -0.3 is 5.32 Å². The molecule has 0 atom stereocenters. The number of hydrogen-bond acceptors (Lipinski definition) is 3. The van der Waals surface area contributed by atoms with E-state index in [9.17, 15) is 18.0 Å². The highest BCUT2D eigenvalue weighted by Crippen LogP contribution is 2.34. The molecule has 1 amide bonds. The summed E-state index contributed by atoms with van der Waals surface area (Å²) in [5, 5.41) is 4.37. The molecule has 3 aromatic rings. The molecule has 0 radical (unpaired) electrons. The van der Waals surface area contributed by atoms with Gasteiger partial charge in [0, 0.05) is 23.0 Å². The molecular weight excluding hydrogens is 391 g/mol. The number of fused-ring (bicyclic) bond motifs is 1. The molecule has 1 saturated carbocycles. The highest BCUT2D eigenvalue weighted by atomic mass is 19.4. The topological polar surface area (TPSA) is 45.2 Å². The Hall–Kier alpha value is -3.09. The normalized spacial score (nSPS) is 19.4. The standard InChI is InChI=1S/C23H22F3N3O/c24-23(25,26)29(22(30)17-7-2-1-3-8-17)19-13-11-18(12-14-19)27-21-15-10-16-6-4-5-9-20(16)28-21/h1-10,15,18-19H,11-14H2,(H,27,28)/t18-,19+. The lowest BCUT2D eigenvalue weighted by molar-refractivity contribution is -0.238. The van der Waals surface area contributed by atoms with E-state index >= 15 is 0 Å². The number of carbonyl (C=O) groups excluding carboxylic acids is 1. The van der Waals surface area contributed by atoms with Crippen LogP contribution in [-0.4, -0.2) is 34.2 Å². The maximum atomic E-state index is 13.7. The number of anilines is 1. The lowest BCUT2D eigenvalue weighted by atomic mass is 9.90. The molecule has 1 aliphatic rings. The number of pyridine rings is 1. The van der Waals surface area contributed by atoms with Gasteiger partial charge in [0.25, 0.3) is 5.91 Å². The van der Waals surface area contributed by atoms with E-state index in [1.807, 2.05) is 36.4 Å². The molecule has 156 valence electrons. The summed E-state index contributed by atoms with van der Waals surface area (Å²) in [6.45, 7) is 0. The van der Waals surface area contributed by atoms with E-state index in [0.717, 1.165) is 10.9 Å².